The van der Waals surface area contributed by atoms with Gasteiger partial charge >= 0.3 is 37.7 Å². The average molecular weight is 98.0 g/mol. The monoisotopic (exact) mass is 98.1 g/mol. The number of hydrogen-bond donors (Lipinski definition) is 0. The summed E-state index contributed by atoms with van der Waals surface area (Å²) in [5.74, 6) is 0. The molecule has 1 aliphatic rings. The summed E-state index contributed by atoms with van der Waals surface area (Å²) in [4.78, 5) is 0. The van der Waals surface area contributed by atoms with Crippen molar-refractivity contribution in [2.24, 2.45) is 0 Å². The first-order valence-corrected chi connectivity index (χ1v) is 1.80. The Bertz CT molecular complexity index is 74.1. The van der Waals surface area contributed by atoms with Gasteiger partial charge in [0.05, 0.1) is 0 Å². The minimum atomic E-state index is -0.954. The minimum absolute atomic E-state index is 0. The van der Waals surface area contributed by atoms with E-state index in [1.165, 1.54) is 12.2 Å². The van der Waals surface area contributed by atoms with Crippen molar-refractivity contribution in [2.45, 2.75) is 12.2 Å². The van der Waals surface area contributed by atoms with Gasteiger partial charge in [-0.15, -0.1) is 24.4 Å². The van der Waals surface area contributed by atoms with Crippen LogP contribution in [-0.2, 0) is 0 Å². The Balaban J connectivity index is 0. The molecule has 0 bridgehead atoms. The molecule has 0 spiro atoms. The molecule has 1 rings (SSSR count). The first kappa shape index (κ1) is 11.6. The predicted octanol–water partition coefficient (Wildman–Crippen LogP) is -7.98. The number of hydrogen-bond acceptors (Lipinski definition) is 2. The molecule has 0 aromatic carbocycles. The van der Waals surface area contributed by atoms with Crippen LogP contribution >= 0.6 is 0 Å². The Morgan fingerprint density at radius 2 is 1.12 bits per heavy atom. The molecule has 0 fully saturated rings. The molecule has 1 aliphatic carbocycles. The van der Waals surface area contributed by atoms with Crippen LogP contribution < -0.4 is 47.9 Å². The Morgan fingerprint density at radius 1 is 0.875 bits per heavy atom. The molecule has 0 radical (unpaired) electrons. The molecule has 2 nitrogen and oxygen atoms in total. The Kier molecular flexibility index (Phi) is 6.84. The van der Waals surface area contributed by atoms with E-state index < -0.39 is 12.2 Å². The fourth-order valence-electron chi connectivity index (χ4n) is 0.293. The molecule has 0 N–H and O–H groups in total. The van der Waals surface area contributed by atoms with Gasteiger partial charge in [0.1, 0.15) is 0 Å². The van der Waals surface area contributed by atoms with Gasteiger partial charge in [-0.05, 0) is 0 Å². The molecule has 2 unspecified atom stereocenters. The van der Waals surface area contributed by atoms with Crippen LogP contribution in [0.15, 0.2) is 12.2 Å². The van der Waals surface area contributed by atoms with E-state index in [1.807, 2.05) is 0 Å². The van der Waals surface area contributed by atoms with Crippen LogP contribution in [0.2, 0.25) is 0 Å². The maximum atomic E-state index is 9.91. The van der Waals surface area contributed by atoms with Gasteiger partial charge in [-0.25, -0.2) is 0 Å². The normalized spacial score (nSPS) is 31.8. The first-order chi connectivity index (χ1) is 2.80. The topological polar surface area (TPSA) is 46.1 Å². The average Bonchev–Trinajstić information content (AvgIpc) is 1.61. The summed E-state index contributed by atoms with van der Waals surface area (Å²) < 4.78 is 0. The molecular weight excluding hydrogens is 93.9 g/mol. The van der Waals surface area contributed by atoms with Gasteiger partial charge in [0.2, 0.25) is 0 Å². The van der Waals surface area contributed by atoms with Crippen molar-refractivity contribution >= 4 is 0 Å². The minimum Gasteiger partial charge on any atom is -0.849 e. The fourth-order valence-corrected chi connectivity index (χ4v) is 0.293. The second kappa shape index (κ2) is 4.71. The summed E-state index contributed by atoms with van der Waals surface area (Å²) >= 11 is 0. The maximum absolute atomic E-state index is 9.91. The molecule has 8 heavy (non-hydrogen) atoms. The fraction of sp³-hybridized carbons (Fsp3) is 0.500. The zero-order valence-electron chi connectivity index (χ0n) is 5.13. The smallest absolute Gasteiger partial charge is 0.849 e. The van der Waals surface area contributed by atoms with Crippen LogP contribution in [0.3, 0.4) is 0 Å². The summed E-state index contributed by atoms with van der Waals surface area (Å²) in [5.41, 5.74) is 0. The third-order valence-corrected chi connectivity index (χ3v) is 0.814. The third-order valence-electron chi connectivity index (χ3n) is 0.814. The zero-order chi connectivity index (χ0) is 4.57. The predicted molar refractivity (Wildman–Crippen MR) is 16.7 cm³/mol. The second-order valence-corrected chi connectivity index (χ2v) is 1.31. The number of rotatable bonds is 0. The van der Waals surface area contributed by atoms with Crippen molar-refractivity contribution in [2.75, 3.05) is 0 Å². The zero-order valence-corrected chi connectivity index (χ0v) is 5.13. The van der Waals surface area contributed by atoms with E-state index >= 15 is 0 Å². The molecule has 0 aliphatic heterocycles. The molecule has 4 heteroatoms. The van der Waals surface area contributed by atoms with Crippen molar-refractivity contribution in [1.82, 2.24) is 0 Å². The molecule has 0 saturated heterocycles. The first-order valence-electron chi connectivity index (χ1n) is 1.80. The molecule has 0 amide bonds. The summed E-state index contributed by atoms with van der Waals surface area (Å²) in [6.07, 6.45) is 0.838. The third kappa shape index (κ3) is 2.42. The van der Waals surface area contributed by atoms with E-state index in [0.717, 1.165) is 0 Å². The van der Waals surface area contributed by atoms with Crippen molar-refractivity contribution < 1.29 is 47.9 Å². The molecule has 0 heterocycles. The van der Waals surface area contributed by atoms with Gasteiger partial charge in [0.25, 0.3) is 0 Å². The van der Waals surface area contributed by atoms with Gasteiger partial charge in [-0.1, -0.05) is 0 Å². The van der Waals surface area contributed by atoms with Gasteiger partial charge in [0.15, 0.2) is 0 Å². The standard InChI is InChI=1S/C4H4O2.2Li/c5-3-1-2-4(3)6;;/h1-4H;;/q-2;2*+1. The van der Waals surface area contributed by atoms with E-state index in [1.54, 1.807) is 0 Å². The van der Waals surface area contributed by atoms with E-state index in [0.29, 0.717) is 0 Å². The van der Waals surface area contributed by atoms with E-state index in [-0.39, 0.29) is 37.7 Å². The van der Waals surface area contributed by atoms with Crippen molar-refractivity contribution in [3.05, 3.63) is 12.2 Å². The summed E-state index contributed by atoms with van der Waals surface area (Å²) in [5, 5.41) is 19.8. The van der Waals surface area contributed by atoms with Crippen LogP contribution in [0.5, 0.6) is 0 Å². The molecule has 0 aromatic heterocycles. The molecule has 0 saturated carbocycles. The van der Waals surface area contributed by atoms with Crippen LogP contribution in [-0.4, -0.2) is 12.2 Å². The Morgan fingerprint density at radius 3 is 1.12 bits per heavy atom. The van der Waals surface area contributed by atoms with E-state index in [4.69, 9.17) is 0 Å². The molecular formula is C4H4Li2O2. The van der Waals surface area contributed by atoms with Crippen molar-refractivity contribution in [3.63, 3.8) is 0 Å². The van der Waals surface area contributed by atoms with Gasteiger partial charge in [-0.3, -0.25) is 0 Å². The summed E-state index contributed by atoms with van der Waals surface area (Å²) in [7, 11) is 0. The largest absolute Gasteiger partial charge is 1.00 e. The van der Waals surface area contributed by atoms with Gasteiger partial charge in [0, 0.05) is 0 Å². The van der Waals surface area contributed by atoms with Crippen LogP contribution in [0.1, 0.15) is 0 Å². The maximum Gasteiger partial charge on any atom is 1.00 e. The summed E-state index contributed by atoms with van der Waals surface area (Å²) in [6.45, 7) is 0. The Labute approximate surface area is 72.3 Å². The van der Waals surface area contributed by atoms with Crippen LogP contribution in [0, 0.1) is 0 Å². The molecule has 2 atom stereocenters. The Hall–Kier alpha value is 0.855. The van der Waals surface area contributed by atoms with Crippen LogP contribution in [0.4, 0.5) is 0 Å². The van der Waals surface area contributed by atoms with Gasteiger partial charge in [-0.2, -0.15) is 0 Å². The van der Waals surface area contributed by atoms with E-state index in [9.17, 15) is 10.2 Å². The SMILES string of the molecule is [Li+].[Li+].[O-]C1C=CC1[O-]. The van der Waals surface area contributed by atoms with E-state index in [2.05, 4.69) is 0 Å². The molecule has 0 aromatic rings. The second-order valence-electron chi connectivity index (χ2n) is 1.31. The molecule has 34 valence electrons. The van der Waals surface area contributed by atoms with Gasteiger partial charge < -0.3 is 10.2 Å². The summed E-state index contributed by atoms with van der Waals surface area (Å²) in [6, 6.07) is 0. The van der Waals surface area contributed by atoms with Crippen molar-refractivity contribution in [1.29, 1.82) is 0 Å². The quantitative estimate of drug-likeness (QED) is 0.223. The van der Waals surface area contributed by atoms with Crippen molar-refractivity contribution in [3.8, 4) is 0 Å². The van der Waals surface area contributed by atoms with Crippen LogP contribution in [0.25, 0.3) is 0 Å².